The number of hydrogen-bond donors (Lipinski definition) is 2. The molecule has 0 saturated heterocycles. The topological polar surface area (TPSA) is 123 Å². The Balaban J connectivity index is 1.78. The van der Waals surface area contributed by atoms with Crippen LogP contribution in [-0.2, 0) is 10.0 Å². The van der Waals surface area contributed by atoms with Crippen molar-refractivity contribution >= 4 is 44.9 Å². The lowest BCUT2D eigenvalue weighted by atomic mass is 10.2. The highest BCUT2D eigenvalue weighted by atomic mass is 35.5. The van der Waals surface area contributed by atoms with E-state index in [1.165, 1.54) is 42.6 Å². The lowest BCUT2D eigenvalue weighted by molar-refractivity contribution is -0.384. The Kier molecular flexibility index (Phi) is 7.29. The Bertz CT molecular complexity index is 1230. The van der Waals surface area contributed by atoms with Gasteiger partial charge in [0.05, 0.1) is 22.6 Å². The van der Waals surface area contributed by atoms with Gasteiger partial charge in [0.1, 0.15) is 11.4 Å². The van der Waals surface area contributed by atoms with Crippen molar-refractivity contribution < 1.29 is 18.1 Å². The molecule has 0 aliphatic carbocycles. The Hall–Kier alpha value is -3.63. The molecular formula is C21H19ClN4O5S. The van der Waals surface area contributed by atoms with E-state index in [0.717, 1.165) is 17.4 Å². The van der Waals surface area contributed by atoms with Gasteiger partial charge in [-0.3, -0.25) is 20.3 Å². The van der Waals surface area contributed by atoms with E-state index in [-0.39, 0.29) is 16.3 Å². The maximum atomic E-state index is 12.6. The fourth-order valence-corrected chi connectivity index (χ4v) is 3.85. The van der Waals surface area contributed by atoms with E-state index >= 15 is 0 Å². The molecule has 0 saturated carbocycles. The molecule has 166 valence electrons. The monoisotopic (exact) mass is 474 g/mol. The standard InChI is InChI=1S/C21H19ClN4O5S/c1-2-31-18-9-3-15(4-10-18)14-23-24-20-12-11-19(13-21(20)26(27)28)32(29,30)25-17-7-5-16(22)6-8-17/h3-14,24-25H,2H2,1H3. The molecule has 0 unspecified atom stereocenters. The lowest BCUT2D eigenvalue weighted by Gasteiger charge is -2.09. The highest BCUT2D eigenvalue weighted by Crippen LogP contribution is 2.29. The van der Waals surface area contributed by atoms with E-state index in [0.29, 0.717) is 11.6 Å². The number of nitro groups is 1. The number of nitrogens with one attached hydrogen (secondary N) is 2. The highest BCUT2D eigenvalue weighted by Gasteiger charge is 2.21. The number of nitrogens with zero attached hydrogens (tertiary/aromatic N) is 2. The molecule has 0 atom stereocenters. The maximum Gasteiger partial charge on any atom is 0.295 e. The summed E-state index contributed by atoms with van der Waals surface area (Å²) in [6.07, 6.45) is 1.48. The molecule has 0 bridgehead atoms. The number of ether oxygens (including phenoxy) is 1. The van der Waals surface area contributed by atoms with Crippen molar-refractivity contribution in [3.63, 3.8) is 0 Å². The maximum absolute atomic E-state index is 12.6. The van der Waals surface area contributed by atoms with Gasteiger partial charge < -0.3 is 4.74 Å². The average Bonchev–Trinajstić information content (AvgIpc) is 2.76. The third-order valence-electron chi connectivity index (χ3n) is 4.16. The van der Waals surface area contributed by atoms with Crippen LogP contribution in [0.25, 0.3) is 0 Å². The second-order valence-electron chi connectivity index (χ2n) is 6.42. The van der Waals surface area contributed by atoms with Crippen LogP contribution in [0.2, 0.25) is 5.02 Å². The quantitative estimate of drug-likeness (QED) is 0.258. The number of nitro benzene ring substituents is 1. The zero-order valence-corrected chi connectivity index (χ0v) is 18.4. The molecule has 9 nitrogen and oxygen atoms in total. The molecule has 3 aromatic carbocycles. The average molecular weight is 475 g/mol. The van der Waals surface area contributed by atoms with Gasteiger partial charge in [0.15, 0.2) is 0 Å². The van der Waals surface area contributed by atoms with Gasteiger partial charge in [-0.2, -0.15) is 5.10 Å². The molecule has 0 fully saturated rings. The summed E-state index contributed by atoms with van der Waals surface area (Å²) in [6.45, 7) is 2.44. The number of sulfonamides is 1. The summed E-state index contributed by atoms with van der Waals surface area (Å²) in [5.41, 5.74) is 3.21. The Morgan fingerprint density at radius 1 is 1.09 bits per heavy atom. The summed E-state index contributed by atoms with van der Waals surface area (Å²) >= 11 is 5.80. The van der Waals surface area contributed by atoms with E-state index in [2.05, 4.69) is 15.2 Å². The van der Waals surface area contributed by atoms with E-state index < -0.39 is 20.6 Å². The lowest BCUT2D eigenvalue weighted by Crippen LogP contribution is -2.13. The number of hydrazone groups is 1. The van der Waals surface area contributed by atoms with Crippen molar-refractivity contribution in [1.82, 2.24) is 0 Å². The molecule has 0 heterocycles. The first-order valence-electron chi connectivity index (χ1n) is 9.37. The Morgan fingerprint density at radius 3 is 2.41 bits per heavy atom. The van der Waals surface area contributed by atoms with Crippen LogP contribution in [0.3, 0.4) is 0 Å². The predicted octanol–water partition coefficient (Wildman–Crippen LogP) is 4.89. The highest BCUT2D eigenvalue weighted by molar-refractivity contribution is 7.92. The molecule has 32 heavy (non-hydrogen) atoms. The van der Waals surface area contributed by atoms with E-state index in [9.17, 15) is 18.5 Å². The molecule has 0 amide bonds. The molecule has 3 aromatic rings. The fourth-order valence-electron chi connectivity index (χ4n) is 2.65. The Labute approximate surface area is 189 Å². The van der Waals surface area contributed by atoms with Gasteiger partial charge in [-0.05, 0) is 73.2 Å². The molecule has 0 spiro atoms. The van der Waals surface area contributed by atoms with Crippen LogP contribution in [0.5, 0.6) is 5.75 Å². The number of benzene rings is 3. The smallest absolute Gasteiger partial charge is 0.295 e. The van der Waals surface area contributed by atoms with Crippen LogP contribution in [-0.4, -0.2) is 26.2 Å². The number of anilines is 2. The SMILES string of the molecule is CCOc1ccc(C=NNc2ccc(S(=O)(=O)Nc3ccc(Cl)cc3)cc2[N+](=O)[O-])cc1. The Morgan fingerprint density at radius 2 is 1.78 bits per heavy atom. The van der Waals surface area contributed by atoms with Crippen molar-refractivity contribution in [1.29, 1.82) is 0 Å². The zero-order chi connectivity index (χ0) is 23.1. The summed E-state index contributed by atoms with van der Waals surface area (Å²) in [5, 5.41) is 15.9. The summed E-state index contributed by atoms with van der Waals surface area (Å²) in [7, 11) is -4.05. The number of rotatable bonds is 9. The second kappa shape index (κ2) is 10.1. The molecule has 0 aromatic heterocycles. The molecule has 2 N–H and O–H groups in total. The van der Waals surface area contributed by atoms with Crippen molar-refractivity contribution in [2.45, 2.75) is 11.8 Å². The van der Waals surface area contributed by atoms with Crippen LogP contribution in [0.15, 0.2) is 76.7 Å². The minimum absolute atomic E-state index is 0.0441. The molecule has 0 aliphatic heterocycles. The third kappa shape index (κ3) is 5.96. The largest absolute Gasteiger partial charge is 0.494 e. The van der Waals surface area contributed by atoms with Gasteiger partial charge in [0, 0.05) is 16.8 Å². The normalized spacial score (nSPS) is 11.3. The van der Waals surface area contributed by atoms with Crippen LogP contribution in [0, 0.1) is 10.1 Å². The number of halogens is 1. The van der Waals surface area contributed by atoms with Crippen molar-refractivity contribution in [3.8, 4) is 5.75 Å². The van der Waals surface area contributed by atoms with Gasteiger partial charge in [-0.25, -0.2) is 8.42 Å². The summed E-state index contributed by atoms with van der Waals surface area (Å²) in [6, 6.07) is 16.6. The van der Waals surface area contributed by atoms with Crippen molar-refractivity contribution in [2.75, 3.05) is 16.8 Å². The van der Waals surface area contributed by atoms with Crippen molar-refractivity contribution in [2.24, 2.45) is 5.10 Å². The van der Waals surface area contributed by atoms with Crippen LogP contribution < -0.4 is 14.9 Å². The first-order chi connectivity index (χ1) is 15.3. The van der Waals surface area contributed by atoms with Crippen molar-refractivity contribution in [3.05, 3.63) is 87.4 Å². The van der Waals surface area contributed by atoms with Gasteiger partial charge in [-0.1, -0.05) is 11.6 Å². The molecular weight excluding hydrogens is 456 g/mol. The third-order valence-corrected chi connectivity index (χ3v) is 5.79. The van der Waals surface area contributed by atoms with Crippen LogP contribution in [0.1, 0.15) is 12.5 Å². The molecule has 0 aliphatic rings. The zero-order valence-electron chi connectivity index (χ0n) is 16.9. The van der Waals surface area contributed by atoms with Crippen LogP contribution in [0.4, 0.5) is 17.1 Å². The summed E-state index contributed by atoms with van der Waals surface area (Å²) < 4.78 is 33.0. The first-order valence-corrected chi connectivity index (χ1v) is 11.2. The minimum atomic E-state index is -4.05. The molecule has 0 radical (unpaired) electrons. The minimum Gasteiger partial charge on any atom is -0.494 e. The molecule has 3 rings (SSSR count). The van der Waals surface area contributed by atoms with Gasteiger partial charge in [-0.15, -0.1) is 0 Å². The van der Waals surface area contributed by atoms with Crippen LogP contribution >= 0.6 is 11.6 Å². The van der Waals surface area contributed by atoms with E-state index in [4.69, 9.17) is 16.3 Å². The van der Waals surface area contributed by atoms with E-state index in [1.807, 2.05) is 6.92 Å². The summed E-state index contributed by atoms with van der Waals surface area (Å²) in [5.74, 6) is 0.720. The number of hydrogen-bond acceptors (Lipinski definition) is 7. The van der Waals surface area contributed by atoms with Gasteiger partial charge in [0.2, 0.25) is 0 Å². The predicted molar refractivity (Wildman–Crippen MR) is 124 cm³/mol. The van der Waals surface area contributed by atoms with Gasteiger partial charge >= 0.3 is 0 Å². The second-order valence-corrected chi connectivity index (χ2v) is 8.54. The molecule has 11 heteroatoms. The van der Waals surface area contributed by atoms with Gasteiger partial charge in [0.25, 0.3) is 15.7 Å². The summed E-state index contributed by atoms with van der Waals surface area (Å²) in [4.78, 5) is 10.6. The van der Waals surface area contributed by atoms with E-state index in [1.54, 1.807) is 24.3 Å². The fraction of sp³-hybridized carbons (Fsp3) is 0.0952. The first kappa shape index (κ1) is 23.0.